The molecule has 0 aromatic rings. The number of ether oxygens (including phenoxy) is 1. The second kappa shape index (κ2) is 10.5. The smallest absolute Gasteiger partial charge is 0.0575 e. The lowest BCUT2D eigenvalue weighted by Gasteiger charge is -2.00. The van der Waals surface area contributed by atoms with Gasteiger partial charge in [-0.2, -0.15) is 0 Å². The molecule has 0 fully saturated rings. The maximum Gasteiger partial charge on any atom is 0.0575 e. The summed E-state index contributed by atoms with van der Waals surface area (Å²) in [5.74, 6) is 5.82. The fourth-order valence-electron chi connectivity index (χ4n) is 0.981. The summed E-state index contributed by atoms with van der Waals surface area (Å²) in [6.07, 6.45) is 6.01. The highest BCUT2D eigenvalue weighted by Crippen LogP contribution is 1.98. The van der Waals surface area contributed by atoms with Gasteiger partial charge in [-0.05, 0) is 13.3 Å². The first-order valence-corrected chi connectivity index (χ1v) is 4.89. The fourth-order valence-corrected chi connectivity index (χ4v) is 0.981. The Morgan fingerprint density at radius 1 is 1.08 bits per heavy atom. The lowest BCUT2D eigenvalue weighted by atomic mass is 10.2. The molecule has 0 aliphatic heterocycles. The normalized spacial score (nSPS) is 9.17. The Kier molecular flexibility index (Phi) is 10.1. The largest absolute Gasteiger partial charge is 0.380 e. The van der Waals surface area contributed by atoms with Crippen molar-refractivity contribution in [3.8, 4) is 11.8 Å². The van der Waals surface area contributed by atoms with Crippen LogP contribution in [0, 0.1) is 11.8 Å². The molecule has 0 atom stereocenters. The van der Waals surface area contributed by atoms with Gasteiger partial charge in [0.25, 0.3) is 0 Å². The van der Waals surface area contributed by atoms with Crippen molar-refractivity contribution in [2.24, 2.45) is 0 Å². The van der Waals surface area contributed by atoms with Crippen molar-refractivity contribution in [3.05, 3.63) is 0 Å². The second-order valence-corrected chi connectivity index (χ2v) is 2.85. The molecule has 0 rings (SSSR count). The van der Waals surface area contributed by atoms with Crippen LogP contribution < -0.4 is 0 Å². The van der Waals surface area contributed by atoms with E-state index >= 15 is 0 Å². The van der Waals surface area contributed by atoms with E-state index in [4.69, 9.17) is 4.74 Å². The molecule has 0 saturated carbocycles. The van der Waals surface area contributed by atoms with Gasteiger partial charge in [0.05, 0.1) is 6.61 Å². The molecule has 0 aromatic carbocycles. The van der Waals surface area contributed by atoms with E-state index in [9.17, 15) is 0 Å². The Morgan fingerprint density at radius 2 is 1.92 bits per heavy atom. The van der Waals surface area contributed by atoms with Gasteiger partial charge >= 0.3 is 0 Å². The zero-order valence-corrected chi connectivity index (χ0v) is 8.36. The molecule has 0 amide bonds. The average Bonchev–Trinajstić information content (AvgIpc) is 2.10. The molecular formula is C11H20O. The number of hydrogen-bond acceptors (Lipinski definition) is 1. The van der Waals surface area contributed by atoms with Gasteiger partial charge in [0.2, 0.25) is 0 Å². The molecule has 1 heteroatoms. The minimum atomic E-state index is 0.799. The third-order valence-corrected chi connectivity index (χ3v) is 1.69. The molecule has 12 heavy (non-hydrogen) atoms. The highest BCUT2D eigenvalue weighted by molar-refractivity contribution is 4.94. The van der Waals surface area contributed by atoms with Gasteiger partial charge in [-0.1, -0.05) is 26.2 Å². The second-order valence-electron chi connectivity index (χ2n) is 2.85. The van der Waals surface area contributed by atoms with E-state index in [0.717, 1.165) is 19.6 Å². The van der Waals surface area contributed by atoms with Crippen LogP contribution in [0.2, 0.25) is 0 Å². The highest BCUT2D eigenvalue weighted by atomic mass is 16.5. The van der Waals surface area contributed by atoms with Crippen molar-refractivity contribution >= 4 is 0 Å². The molecule has 0 spiro atoms. The Hall–Kier alpha value is -0.480. The van der Waals surface area contributed by atoms with Crippen LogP contribution in [0.25, 0.3) is 0 Å². The molecule has 0 bridgehead atoms. The zero-order chi connectivity index (χ0) is 9.07. The summed E-state index contributed by atoms with van der Waals surface area (Å²) in [4.78, 5) is 0. The maximum absolute atomic E-state index is 5.38. The molecule has 0 aliphatic carbocycles. The van der Waals surface area contributed by atoms with E-state index < -0.39 is 0 Å². The van der Waals surface area contributed by atoms with Crippen molar-refractivity contribution in [1.29, 1.82) is 0 Å². The molecule has 0 radical (unpaired) electrons. The van der Waals surface area contributed by atoms with Crippen molar-refractivity contribution in [2.45, 2.75) is 46.0 Å². The third kappa shape index (κ3) is 9.52. The third-order valence-electron chi connectivity index (χ3n) is 1.69. The standard InChI is InChI=1S/C11H20O/c1-3-5-7-9-11-12-10-8-6-4-2/h3,5,7-11H2,1-2H3. The van der Waals surface area contributed by atoms with Gasteiger partial charge in [0, 0.05) is 13.0 Å². The van der Waals surface area contributed by atoms with Crippen LogP contribution >= 0.6 is 0 Å². The summed E-state index contributed by atoms with van der Waals surface area (Å²) in [6, 6.07) is 0. The van der Waals surface area contributed by atoms with Crippen LogP contribution in [0.15, 0.2) is 0 Å². The van der Waals surface area contributed by atoms with Crippen molar-refractivity contribution < 1.29 is 4.74 Å². The fraction of sp³-hybridized carbons (Fsp3) is 0.818. The molecule has 0 aliphatic rings. The summed E-state index contributed by atoms with van der Waals surface area (Å²) in [6.45, 7) is 5.79. The van der Waals surface area contributed by atoms with Crippen molar-refractivity contribution in [1.82, 2.24) is 0 Å². The first-order valence-electron chi connectivity index (χ1n) is 4.89. The van der Waals surface area contributed by atoms with E-state index in [0.29, 0.717) is 0 Å². The van der Waals surface area contributed by atoms with E-state index in [2.05, 4.69) is 18.8 Å². The number of unbranched alkanes of at least 4 members (excludes halogenated alkanes) is 3. The molecule has 0 aromatic heterocycles. The summed E-state index contributed by atoms with van der Waals surface area (Å²) in [5.41, 5.74) is 0. The molecule has 0 N–H and O–H groups in total. The maximum atomic E-state index is 5.38. The van der Waals surface area contributed by atoms with Gasteiger partial charge in [0.1, 0.15) is 0 Å². The lowest BCUT2D eigenvalue weighted by Crippen LogP contribution is -1.95. The van der Waals surface area contributed by atoms with Crippen LogP contribution in [0.5, 0.6) is 0 Å². The van der Waals surface area contributed by atoms with Gasteiger partial charge < -0.3 is 4.74 Å². The first-order chi connectivity index (χ1) is 5.91. The predicted molar refractivity (Wildman–Crippen MR) is 53.0 cm³/mol. The average molecular weight is 168 g/mol. The zero-order valence-electron chi connectivity index (χ0n) is 8.36. The quantitative estimate of drug-likeness (QED) is 0.419. The predicted octanol–water partition coefficient (Wildman–Crippen LogP) is 3.00. The van der Waals surface area contributed by atoms with Gasteiger partial charge in [-0.3, -0.25) is 0 Å². The van der Waals surface area contributed by atoms with Gasteiger partial charge in [-0.25, -0.2) is 0 Å². The van der Waals surface area contributed by atoms with E-state index in [1.807, 2.05) is 6.92 Å². The van der Waals surface area contributed by atoms with Crippen LogP contribution in [-0.4, -0.2) is 13.2 Å². The monoisotopic (exact) mass is 168 g/mol. The molecule has 0 unspecified atom stereocenters. The lowest BCUT2D eigenvalue weighted by molar-refractivity contribution is 0.135. The van der Waals surface area contributed by atoms with Crippen LogP contribution in [0.1, 0.15) is 46.0 Å². The van der Waals surface area contributed by atoms with E-state index in [1.165, 1.54) is 25.7 Å². The van der Waals surface area contributed by atoms with Crippen molar-refractivity contribution in [2.75, 3.05) is 13.2 Å². The van der Waals surface area contributed by atoms with Crippen molar-refractivity contribution in [3.63, 3.8) is 0 Å². The molecule has 1 nitrogen and oxygen atoms in total. The minimum absolute atomic E-state index is 0.799. The Morgan fingerprint density at radius 3 is 2.58 bits per heavy atom. The number of rotatable bonds is 7. The summed E-state index contributed by atoms with van der Waals surface area (Å²) < 4.78 is 5.38. The Bertz CT molecular complexity index is 130. The highest BCUT2D eigenvalue weighted by Gasteiger charge is 1.87. The van der Waals surface area contributed by atoms with Crippen LogP contribution in [0.3, 0.4) is 0 Å². The molecular weight excluding hydrogens is 148 g/mol. The SMILES string of the molecule is CC#CCCOCCCCCC. The molecule has 70 valence electrons. The van der Waals surface area contributed by atoms with Gasteiger partial charge in [0.15, 0.2) is 0 Å². The Balaban J connectivity index is 2.84. The van der Waals surface area contributed by atoms with Crippen LogP contribution in [0.4, 0.5) is 0 Å². The first kappa shape index (κ1) is 11.5. The summed E-state index contributed by atoms with van der Waals surface area (Å²) in [5, 5.41) is 0. The Labute approximate surface area is 76.5 Å². The van der Waals surface area contributed by atoms with E-state index in [1.54, 1.807) is 0 Å². The molecule has 0 saturated heterocycles. The minimum Gasteiger partial charge on any atom is -0.380 e. The number of hydrogen-bond donors (Lipinski definition) is 0. The van der Waals surface area contributed by atoms with E-state index in [-0.39, 0.29) is 0 Å². The molecule has 0 heterocycles. The summed E-state index contributed by atoms with van der Waals surface area (Å²) in [7, 11) is 0. The van der Waals surface area contributed by atoms with Crippen LogP contribution in [-0.2, 0) is 4.74 Å². The summed E-state index contributed by atoms with van der Waals surface area (Å²) >= 11 is 0. The van der Waals surface area contributed by atoms with Gasteiger partial charge in [-0.15, -0.1) is 11.8 Å². The topological polar surface area (TPSA) is 9.23 Å².